The van der Waals surface area contributed by atoms with Crippen LogP contribution in [-0.4, -0.2) is 50.4 Å². The van der Waals surface area contributed by atoms with Gasteiger partial charge in [0.25, 0.3) is 0 Å². The zero-order chi connectivity index (χ0) is 17.6. The van der Waals surface area contributed by atoms with Gasteiger partial charge in [0.2, 0.25) is 11.8 Å². The Balaban J connectivity index is 1.43. The van der Waals surface area contributed by atoms with Gasteiger partial charge >= 0.3 is 0 Å². The van der Waals surface area contributed by atoms with E-state index in [9.17, 15) is 9.59 Å². The van der Waals surface area contributed by atoms with Gasteiger partial charge in [-0.25, -0.2) is 0 Å². The topological polar surface area (TPSA) is 104 Å². The van der Waals surface area contributed by atoms with Gasteiger partial charge in [-0.15, -0.1) is 10.2 Å². The highest BCUT2D eigenvalue weighted by Gasteiger charge is 2.33. The van der Waals surface area contributed by atoms with Gasteiger partial charge in [-0.05, 0) is 18.9 Å². The van der Waals surface area contributed by atoms with Crippen LogP contribution in [0.3, 0.4) is 0 Å². The summed E-state index contributed by atoms with van der Waals surface area (Å²) < 4.78 is 0. The fourth-order valence-electron chi connectivity index (χ4n) is 2.91. The Morgan fingerprint density at radius 2 is 2.16 bits per heavy atom. The number of H-pyrrole nitrogens is 1. The molecule has 0 bridgehead atoms. The van der Waals surface area contributed by atoms with E-state index in [0.717, 1.165) is 12.0 Å². The van der Waals surface area contributed by atoms with Gasteiger partial charge in [-0.1, -0.05) is 35.0 Å². The van der Waals surface area contributed by atoms with Gasteiger partial charge in [0.05, 0.1) is 5.92 Å². The molecule has 1 saturated heterocycles. The van der Waals surface area contributed by atoms with Crippen LogP contribution in [0.15, 0.2) is 24.3 Å². The molecule has 1 aromatic carbocycles. The molecule has 8 heteroatoms. The van der Waals surface area contributed by atoms with Crippen molar-refractivity contribution >= 4 is 11.8 Å². The third kappa shape index (κ3) is 4.62. The van der Waals surface area contributed by atoms with Crippen molar-refractivity contribution in [2.45, 2.75) is 32.7 Å². The van der Waals surface area contributed by atoms with Crippen LogP contribution in [0, 0.1) is 12.8 Å². The lowest BCUT2D eigenvalue weighted by Crippen LogP contribution is -2.33. The predicted octanol–water partition coefficient (Wildman–Crippen LogP) is 0.606. The summed E-state index contributed by atoms with van der Waals surface area (Å²) in [6.45, 7) is 3.60. The number of aromatic nitrogens is 4. The molecule has 2 N–H and O–H groups in total. The number of tetrazole rings is 1. The van der Waals surface area contributed by atoms with Crippen LogP contribution in [0.5, 0.6) is 0 Å². The molecular weight excluding hydrogens is 320 g/mol. The van der Waals surface area contributed by atoms with Crippen LogP contribution in [0.25, 0.3) is 0 Å². The molecule has 0 aliphatic carbocycles. The molecule has 1 aliphatic rings. The summed E-state index contributed by atoms with van der Waals surface area (Å²) >= 11 is 0. The molecule has 132 valence electrons. The molecule has 2 aromatic rings. The minimum absolute atomic E-state index is 0.0347. The van der Waals surface area contributed by atoms with Crippen molar-refractivity contribution in [3.63, 3.8) is 0 Å². The lowest BCUT2D eigenvalue weighted by Gasteiger charge is -2.17. The highest BCUT2D eigenvalue weighted by molar-refractivity contribution is 5.89. The van der Waals surface area contributed by atoms with Crippen LogP contribution in [0.4, 0.5) is 0 Å². The minimum Gasteiger partial charge on any atom is -0.356 e. The van der Waals surface area contributed by atoms with Gasteiger partial charge in [0, 0.05) is 32.5 Å². The van der Waals surface area contributed by atoms with E-state index in [4.69, 9.17) is 0 Å². The number of aryl methyl sites for hydroxylation is 2. The van der Waals surface area contributed by atoms with Crippen molar-refractivity contribution in [2.24, 2.45) is 5.92 Å². The van der Waals surface area contributed by atoms with E-state index in [-0.39, 0.29) is 24.2 Å². The molecular formula is C17H22N6O2. The van der Waals surface area contributed by atoms with Crippen LogP contribution in [-0.2, 0) is 22.6 Å². The molecule has 1 aromatic heterocycles. The van der Waals surface area contributed by atoms with Gasteiger partial charge in [0.15, 0.2) is 5.82 Å². The van der Waals surface area contributed by atoms with Crippen molar-refractivity contribution in [1.29, 1.82) is 0 Å². The van der Waals surface area contributed by atoms with Crippen LogP contribution >= 0.6 is 0 Å². The number of carbonyl (C=O) groups excluding carboxylic acids is 2. The molecule has 25 heavy (non-hydrogen) atoms. The van der Waals surface area contributed by atoms with Crippen molar-refractivity contribution in [3.05, 3.63) is 41.2 Å². The van der Waals surface area contributed by atoms with Gasteiger partial charge in [0.1, 0.15) is 0 Å². The number of nitrogens with one attached hydrogen (secondary N) is 2. The van der Waals surface area contributed by atoms with Crippen LogP contribution < -0.4 is 5.32 Å². The Morgan fingerprint density at radius 1 is 1.36 bits per heavy atom. The third-order valence-corrected chi connectivity index (χ3v) is 4.34. The highest BCUT2D eigenvalue weighted by atomic mass is 16.2. The SMILES string of the molecule is Cc1ccc(CN2C[C@@H](C(=O)NCCCc3nn[nH]n3)CC2=O)cc1. The van der Waals surface area contributed by atoms with E-state index < -0.39 is 0 Å². The summed E-state index contributed by atoms with van der Waals surface area (Å²) in [4.78, 5) is 26.2. The second-order valence-electron chi connectivity index (χ2n) is 6.38. The Hall–Kier alpha value is -2.77. The number of hydrogen-bond donors (Lipinski definition) is 2. The number of aromatic amines is 1. The number of likely N-dealkylation sites (tertiary alicyclic amines) is 1. The average Bonchev–Trinajstić information content (AvgIpc) is 3.24. The Bertz CT molecular complexity index is 713. The number of amides is 2. The van der Waals surface area contributed by atoms with Gasteiger partial charge < -0.3 is 10.2 Å². The molecule has 0 spiro atoms. The van der Waals surface area contributed by atoms with Crippen LogP contribution in [0.1, 0.15) is 29.8 Å². The first-order valence-electron chi connectivity index (χ1n) is 8.45. The molecule has 8 nitrogen and oxygen atoms in total. The zero-order valence-corrected chi connectivity index (χ0v) is 14.2. The molecule has 1 fully saturated rings. The number of nitrogens with zero attached hydrogens (tertiary/aromatic N) is 4. The Kier molecular flexibility index (Phi) is 5.37. The summed E-state index contributed by atoms with van der Waals surface area (Å²) in [5.74, 6) is 0.332. The number of carbonyl (C=O) groups is 2. The first kappa shape index (κ1) is 17.1. The minimum atomic E-state index is -0.275. The van der Waals surface area contributed by atoms with Crippen molar-refractivity contribution < 1.29 is 9.59 Å². The monoisotopic (exact) mass is 342 g/mol. The molecule has 1 atom stereocenters. The van der Waals surface area contributed by atoms with E-state index >= 15 is 0 Å². The second kappa shape index (κ2) is 7.87. The summed E-state index contributed by atoms with van der Waals surface area (Å²) in [7, 11) is 0. The standard InChI is InChI=1S/C17H22N6O2/c1-12-4-6-13(7-5-12)10-23-11-14(9-16(23)24)17(25)18-8-2-3-15-19-21-22-20-15/h4-7,14H,2-3,8-11H2,1H3,(H,18,25)(H,19,20,21,22)/t14-/m0/s1. The van der Waals surface area contributed by atoms with Crippen molar-refractivity contribution in [3.8, 4) is 0 Å². The maximum Gasteiger partial charge on any atom is 0.225 e. The average molecular weight is 342 g/mol. The van der Waals surface area contributed by atoms with Gasteiger partial charge in [-0.3, -0.25) is 9.59 Å². The molecule has 0 saturated carbocycles. The molecule has 1 aliphatic heterocycles. The first-order chi connectivity index (χ1) is 12.1. The fourth-order valence-corrected chi connectivity index (χ4v) is 2.91. The smallest absolute Gasteiger partial charge is 0.225 e. The summed E-state index contributed by atoms with van der Waals surface area (Å²) in [6, 6.07) is 8.11. The molecule has 0 radical (unpaired) electrons. The third-order valence-electron chi connectivity index (χ3n) is 4.34. The Morgan fingerprint density at radius 3 is 2.88 bits per heavy atom. The van der Waals surface area contributed by atoms with E-state index in [0.29, 0.717) is 31.9 Å². The van der Waals surface area contributed by atoms with Gasteiger partial charge in [-0.2, -0.15) is 5.21 Å². The van der Waals surface area contributed by atoms with Crippen molar-refractivity contribution in [2.75, 3.05) is 13.1 Å². The first-order valence-corrected chi connectivity index (χ1v) is 8.45. The van der Waals surface area contributed by atoms with E-state index in [1.165, 1.54) is 5.56 Å². The molecule has 2 amide bonds. The molecule has 2 heterocycles. The number of benzene rings is 1. The molecule has 3 rings (SSSR count). The highest BCUT2D eigenvalue weighted by Crippen LogP contribution is 2.20. The largest absolute Gasteiger partial charge is 0.356 e. The van der Waals surface area contributed by atoms with E-state index in [1.54, 1.807) is 4.90 Å². The fraction of sp³-hybridized carbons (Fsp3) is 0.471. The predicted molar refractivity (Wildman–Crippen MR) is 90.2 cm³/mol. The lowest BCUT2D eigenvalue weighted by molar-refractivity contribution is -0.129. The number of hydrogen-bond acceptors (Lipinski definition) is 5. The van der Waals surface area contributed by atoms with Crippen molar-refractivity contribution in [1.82, 2.24) is 30.8 Å². The van der Waals surface area contributed by atoms with Crippen LogP contribution in [0.2, 0.25) is 0 Å². The maximum atomic E-state index is 12.3. The molecule has 0 unspecified atom stereocenters. The van der Waals surface area contributed by atoms with E-state index in [2.05, 4.69) is 25.9 Å². The number of rotatable bonds is 7. The summed E-state index contributed by atoms with van der Waals surface area (Å²) in [5.41, 5.74) is 2.27. The summed E-state index contributed by atoms with van der Waals surface area (Å²) in [5, 5.41) is 16.5. The quantitative estimate of drug-likeness (QED) is 0.717. The normalized spacial score (nSPS) is 17.1. The lowest BCUT2D eigenvalue weighted by atomic mass is 10.1. The zero-order valence-electron chi connectivity index (χ0n) is 14.2. The van der Waals surface area contributed by atoms with E-state index in [1.807, 2.05) is 31.2 Å². The summed E-state index contributed by atoms with van der Waals surface area (Å²) in [6.07, 6.45) is 1.67. The maximum absolute atomic E-state index is 12.3. The Labute approximate surface area is 146 Å². The second-order valence-corrected chi connectivity index (χ2v) is 6.38.